The second-order valence-corrected chi connectivity index (χ2v) is 8.64. The van der Waals surface area contributed by atoms with E-state index in [0.29, 0.717) is 30.3 Å². The third-order valence-corrected chi connectivity index (χ3v) is 7.02. The molecule has 1 nitrogen and oxygen atoms in total. The van der Waals surface area contributed by atoms with Crippen molar-refractivity contribution in [3.8, 4) is 5.75 Å². The topological polar surface area (TPSA) is 9.23 Å². The molecule has 3 rings (SSSR count). The highest BCUT2D eigenvalue weighted by Crippen LogP contribution is 2.44. The Morgan fingerprint density at radius 2 is 1.64 bits per heavy atom. The zero-order valence-electron chi connectivity index (χ0n) is 17.8. The number of allylic oxidation sites excluding steroid dienone is 2. The molecule has 150 valence electrons. The van der Waals surface area contributed by atoms with Gasteiger partial charge in [-0.1, -0.05) is 75.2 Å². The van der Waals surface area contributed by atoms with Gasteiger partial charge in [-0.05, 0) is 72.4 Å². The molecule has 0 aliphatic heterocycles. The number of ether oxygens (including phenoxy) is 1. The van der Waals surface area contributed by atoms with Crippen molar-refractivity contribution in [2.45, 2.75) is 53.4 Å². The zero-order chi connectivity index (χ0) is 20.3. The van der Waals surface area contributed by atoms with E-state index in [0.717, 1.165) is 23.6 Å². The predicted molar refractivity (Wildman–Crippen MR) is 120 cm³/mol. The molecule has 0 spiro atoms. The molecule has 0 unspecified atom stereocenters. The zero-order valence-corrected chi connectivity index (χ0v) is 18.6. The van der Waals surface area contributed by atoms with Crippen molar-refractivity contribution in [3.63, 3.8) is 0 Å². The molecule has 0 heterocycles. The fourth-order valence-electron chi connectivity index (χ4n) is 4.52. The summed E-state index contributed by atoms with van der Waals surface area (Å²) in [6.07, 6.45) is 4.51. The van der Waals surface area contributed by atoms with Gasteiger partial charge in [0.1, 0.15) is 5.75 Å². The molecule has 4 atom stereocenters. The fraction of sp³-hybridized carbons (Fsp3) is 0.462. The summed E-state index contributed by atoms with van der Waals surface area (Å²) in [5.41, 5.74) is 5.44. The number of halogens is 1. The summed E-state index contributed by atoms with van der Waals surface area (Å²) in [6, 6.07) is 15.0. The van der Waals surface area contributed by atoms with Crippen LogP contribution in [0.15, 0.2) is 54.1 Å². The second-order valence-electron chi connectivity index (χ2n) is 8.23. The van der Waals surface area contributed by atoms with Crippen LogP contribution in [-0.4, -0.2) is 6.61 Å². The smallest absolute Gasteiger partial charge is 0.119 e. The maximum atomic E-state index is 6.57. The molecule has 0 aromatic heterocycles. The van der Waals surface area contributed by atoms with Crippen LogP contribution in [0.3, 0.4) is 0 Å². The molecule has 0 amide bonds. The number of rotatable bonds is 6. The molecular weight excluding hydrogens is 364 g/mol. The van der Waals surface area contributed by atoms with Crippen molar-refractivity contribution < 1.29 is 4.74 Å². The molecule has 0 saturated carbocycles. The minimum absolute atomic E-state index is 0.470. The van der Waals surface area contributed by atoms with Crippen molar-refractivity contribution in [3.05, 3.63) is 75.8 Å². The highest BCUT2D eigenvalue weighted by atomic mass is 35.5. The van der Waals surface area contributed by atoms with E-state index in [1.54, 1.807) is 5.57 Å². The molecule has 1 aliphatic rings. The van der Waals surface area contributed by atoms with Gasteiger partial charge in [-0.15, -0.1) is 0 Å². The summed E-state index contributed by atoms with van der Waals surface area (Å²) in [5, 5.41) is 0.849. The Balaban J connectivity index is 1.87. The van der Waals surface area contributed by atoms with E-state index < -0.39 is 0 Å². The van der Waals surface area contributed by atoms with E-state index >= 15 is 0 Å². The Bertz CT molecular complexity index is 821. The standard InChI is InChI=1S/C26H33ClO/c1-6-21-16-25(19(5)17(3)18(21)4)22-10-13-26(27)23(15-22)14-20-8-11-24(12-9-20)28-7-2/h8-13,15-19,25H,6-7,14H2,1-5H3/t17-,18-,19+,25+/m0/s1. The maximum Gasteiger partial charge on any atom is 0.119 e. The van der Waals surface area contributed by atoms with Crippen LogP contribution in [0.25, 0.3) is 0 Å². The first-order chi connectivity index (χ1) is 13.4. The van der Waals surface area contributed by atoms with Crippen LogP contribution >= 0.6 is 11.6 Å². The molecule has 0 bridgehead atoms. The Morgan fingerprint density at radius 1 is 0.929 bits per heavy atom. The van der Waals surface area contributed by atoms with E-state index in [-0.39, 0.29) is 0 Å². The Kier molecular flexibility index (Phi) is 6.88. The molecule has 1 aliphatic carbocycles. The first-order valence-corrected chi connectivity index (χ1v) is 11.0. The van der Waals surface area contributed by atoms with E-state index in [4.69, 9.17) is 16.3 Å². The van der Waals surface area contributed by atoms with Crippen LogP contribution in [0, 0.1) is 17.8 Å². The van der Waals surface area contributed by atoms with Gasteiger partial charge in [-0.3, -0.25) is 0 Å². The average Bonchev–Trinajstić information content (AvgIpc) is 2.70. The van der Waals surface area contributed by atoms with Crippen molar-refractivity contribution in [1.82, 2.24) is 0 Å². The number of hydrogen-bond acceptors (Lipinski definition) is 1. The van der Waals surface area contributed by atoms with Crippen LogP contribution in [0.2, 0.25) is 5.02 Å². The minimum atomic E-state index is 0.470. The van der Waals surface area contributed by atoms with Crippen molar-refractivity contribution in [2.24, 2.45) is 17.8 Å². The highest BCUT2D eigenvalue weighted by Gasteiger charge is 2.32. The van der Waals surface area contributed by atoms with Crippen LogP contribution in [0.5, 0.6) is 5.75 Å². The minimum Gasteiger partial charge on any atom is -0.494 e. The molecule has 28 heavy (non-hydrogen) atoms. The summed E-state index contributed by atoms with van der Waals surface area (Å²) >= 11 is 6.57. The van der Waals surface area contributed by atoms with E-state index in [2.05, 4.69) is 64.1 Å². The van der Waals surface area contributed by atoms with Crippen molar-refractivity contribution in [2.75, 3.05) is 6.61 Å². The molecule has 0 radical (unpaired) electrons. The van der Waals surface area contributed by atoms with Gasteiger partial charge in [0.2, 0.25) is 0 Å². The van der Waals surface area contributed by atoms with E-state index in [9.17, 15) is 0 Å². The van der Waals surface area contributed by atoms with Gasteiger partial charge in [-0.2, -0.15) is 0 Å². The van der Waals surface area contributed by atoms with Gasteiger partial charge in [-0.25, -0.2) is 0 Å². The molecular formula is C26H33ClO. The molecule has 0 N–H and O–H groups in total. The number of hydrogen-bond donors (Lipinski definition) is 0. The van der Waals surface area contributed by atoms with Gasteiger partial charge in [0.05, 0.1) is 6.61 Å². The highest BCUT2D eigenvalue weighted by molar-refractivity contribution is 6.31. The van der Waals surface area contributed by atoms with Gasteiger partial charge >= 0.3 is 0 Å². The average molecular weight is 397 g/mol. The van der Waals surface area contributed by atoms with Crippen LogP contribution in [0.4, 0.5) is 0 Å². The van der Waals surface area contributed by atoms with E-state index in [1.807, 2.05) is 19.1 Å². The Hall–Kier alpha value is -1.73. The monoisotopic (exact) mass is 396 g/mol. The predicted octanol–water partition coefficient (Wildman–Crippen LogP) is 7.67. The molecule has 2 heteroatoms. The van der Waals surface area contributed by atoms with E-state index in [1.165, 1.54) is 16.7 Å². The summed E-state index contributed by atoms with van der Waals surface area (Å²) in [5.74, 6) is 3.38. The van der Waals surface area contributed by atoms with Gasteiger partial charge < -0.3 is 4.74 Å². The Labute approximate surface area is 175 Å². The molecule has 2 aromatic carbocycles. The lowest BCUT2D eigenvalue weighted by Gasteiger charge is -2.38. The van der Waals surface area contributed by atoms with Gasteiger partial charge in [0.25, 0.3) is 0 Å². The molecule has 0 saturated heterocycles. The van der Waals surface area contributed by atoms with Crippen LogP contribution in [0.1, 0.15) is 63.6 Å². The lowest BCUT2D eigenvalue weighted by atomic mass is 9.67. The second kappa shape index (κ2) is 9.18. The SMILES string of the molecule is CCOc1ccc(Cc2cc([C@@H]3C=C(CC)[C@@H](C)[C@H](C)[C@H]3C)ccc2Cl)cc1. The van der Waals surface area contributed by atoms with Crippen LogP contribution < -0.4 is 4.74 Å². The first kappa shape index (κ1) is 21.0. The summed E-state index contributed by atoms with van der Waals surface area (Å²) in [4.78, 5) is 0. The molecule has 0 fully saturated rings. The maximum absolute atomic E-state index is 6.57. The number of benzene rings is 2. The van der Waals surface area contributed by atoms with Crippen molar-refractivity contribution in [1.29, 1.82) is 0 Å². The van der Waals surface area contributed by atoms with Crippen molar-refractivity contribution >= 4 is 11.6 Å². The van der Waals surface area contributed by atoms with Crippen LogP contribution in [-0.2, 0) is 6.42 Å². The first-order valence-electron chi connectivity index (χ1n) is 10.6. The quantitative estimate of drug-likeness (QED) is 0.455. The Morgan fingerprint density at radius 3 is 2.29 bits per heavy atom. The fourth-order valence-corrected chi connectivity index (χ4v) is 4.71. The summed E-state index contributed by atoms with van der Waals surface area (Å²) in [6.45, 7) is 12.2. The lowest BCUT2D eigenvalue weighted by molar-refractivity contribution is 0.263. The molecule has 2 aromatic rings. The third kappa shape index (κ3) is 4.46. The van der Waals surface area contributed by atoms with Gasteiger partial charge in [0, 0.05) is 10.9 Å². The third-order valence-electron chi connectivity index (χ3n) is 6.65. The van der Waals surface area contributed by atoms with Gasteiger partial charge in [0.15, 0.2) is 0 Å². The normalized spacial score (nSPS) is 24.7. The lowest BCUT2D eigenvalue weighted by Crippen LogP contribution is -2.28. The summed E-state index contributed by atoms with van der Waals surface area (Å²) in [7, 11) is 0. The largest absolute Gasteiger partial charge is 0.494 e. The summed E-state index contributed by atoms with van der Waals surface area (Å²) < 4.78 is 5.55.